The number of aromatic nitrogens is 4. The molecule has 0 aromatic carbocycles. The average molecular weight is 211 g/mol. The zero-order valence-electron chi connectivity index (χ0n) is 6.41. The molecular formula is C6H5N5S2. The van der Waals surface area contributed by atoms with Gasteiger partial charge in [0.15, 0.2) is 0 Å². The number of rotatable bonds is 2. The summed E-state index contributed by atoms with van der Waals surface area (Å²) >= 11 is 6.41. The van der Waals surface area contributed by atoms with Crippen LogP contribution in [0.3, 0.4) is 0 Å². The van der Waals surface area contributed by atoms with Crippen LogP contribution in [0.15, 0.2) is 22.3 Å². The van der Waals surface area contributed by atoms with Crippen LogP contribution in [0.4, 0.5) is 0 Å². The second-order valence-corrected chi connectivity index (χ2v) is 3.27. The predicted molar refractivity (Wildman–Crippen MR) is 52.5 cm³/mol. The van der Waals surface area contributed by atoms with Gasteiger partial charge in [0.2, 0.25) is 4.77 Å². The first-order chi connectivity index (χ1) is 6.36. The topological polar surface area (TPSA) is 58.9 Å². The maximum atomic E-state index is 4.89. The molecule has 2 aromatic heterocycles. The molecule has 0 atom stereocenters. The fraction of sp³-hybridized carbons (Fsp3) is 0. The molecule has 5 nitrogen and oxygen atoms in total. The fourth-order valence-electron chi connectivity index (χ4n) is 0.732. The molecule has 2 aromatic rings. The molecule has 0 amide bonds. The maximum absolute atomic E-state index is 4.89. The lowest BCUT2D eigenvalue weighted by molar-refractivity contribution is 0.862. The second-order valence-electron chi connectivity index (χ2n) is 2.16. The highest BCUT2D eigenvalue weighted by Gasteiger charge is 1.90. The smallest absolute Gasteiger partial charge is 0.216 e. The Morgan fingerprint density at radius 2 is 2.62 bits per heavy atom. The molecule has 0 aliphatic rings. The number of thiazole rings is 1. The van der Waals surface area contributed by atoms with Gasteiger partial charge in [-0.25, -0.2) is 4.98 Å². The summed E-state index contributed by atoms with van der Waals surface area (Å²) in [6, 6.07) is 0. The van der Waals surface area contributed by atoms with Crippen LogP contribution in [0, 0.1) is 4.77 Å². The zero-order valence-corrected chi connectivity index (χ0v) is 8.05. The van der Waals surface area contributed by atoms with Crippen molar-refractivity contribution in [3.63, 3.8) is 0 Å². The summed E-state index contributed by atoms with van der Waals surface area (Å²) in [5.74, 6) is 0. The van der Waals surface area contributed by atoms with E-state index in [-0.39, 0.29) is 0 Å². The van der Waals surface area contributed by atoms with E-state index in [9.17, 15) is 0 Å². The maximum Gasteiger partial charge on any atom is 0.216 e. The Bertz CT molecular complexity index is 451. The van der Waals surface area contributed by atoms with Gasteiger partial charge in [-0.15, -0.1) is 11.3 Å². The highest BCUT2D eigenvalue weighted by molar-refractivity contribution is 7.71. The Kier molecular flexibility index (Phi) is 2.28. The first-order valence-electron chi connectivity index (χ1n) is 3.41. The molecule has 0 aliphatic heterocycles. The van der Waals surface area contributed by atoms with Crippen molar-refractivity contribution in [2.24, 2.45) is 5.10 Å². The van der Waals surface area contributed by atoms with E-state index in [1.54, 1.807) is 11.7 Å². The van der Waals surface area contributed by atoms with Crippen LogP contribution in [0.5, 0.6) is 0 Å². The van der Waals surface area contributed by atoms with Gasteiger partial charge >= 0.3 is 0 Å². The second kappa shape index (κ2) is 3.58. The summed E-state index contributed by atoms with van der Waals surface area (Å²) < 4.78 is 1.93. The average Bonchev–Trinajstić information content (AvgIpc) is 2.72. The Morgan fingerprint density at radius 3 is 3.23 bits per heavy atom. The van der Waals surface area contributed by atoms with E-state index >= 15 is 0 Å². The summed E-state index contributed by atoms with van der Waals surface area (Å²) in [5, 5.41) is 12.3. The van der Waals surface area contributed by atoms with Gasteiger partial charge in [-0.3, -0.25) is 5.10 Å². The van der Waals surface area contributed by atoms with Crippen LogP contribution >= 0.6 is 23.6 Å². The highest BCUT2D eigenvalue weighted by Crippen LogP contribution is 1.97. The summed E-state index contributed by atoms with van der Waals surface area (Å²) in [4.78, 5) is 4.04. The molecule has 7 heteroatoms. The van der Waals surface area contributed by atoms with Crippen molar-refractivity contribution >= 4 is 29.8 Å². The van der Waals surface area contributed by atoms with Crippen LogP contribution in [0.25, 0.3) is 0 Å². The first-order valence-corrected chi connectivity index (χ1v) is 4.76. The van der Waals surface area contributed by atoms with Crippen LogP contribution in [0.2, 0.25) is 0 Å². The summed E-state index contributed by atoms with van der Waals surface area (Å²) in [7, 11) is 0. The third-order valence-corrected chi connectivity index (χ3v) is 2.18. The first kappa shape index (κ1) is 8.27. The third-order valence-electron chi connectivity index (χ3n) is 1.30. The standard InChI is InChI=1S/C6H5N5S2/c12-6-10-8-3-11(6)9-1-5-2-13-4-7-5/h1-4H,(H,10,12)/b9-1+. The minimum Gasteiger partial charge on any atom is -0.250 e. The Labute approximate surface area is 82.8 Å². The summed E-state index contributed by atoms with van der Waals surface area (Å²) in [6.07, 6.45) is 3.13. The molecule has 0 bridgehead atoms. The molecule has 0 saturated carbocycles. The monoisotopic (exact) mass is 211 g/mol. The molecule has 1 N–H and O–H groups in total. The van der Waals surface area contributed by atoms with Crippen molar-refractivity contribution in [1.82, 2.24) is 19.9 Å². The number of hydrogen-bond donors (Lipinski definition) is 1. The normalized spacial score (nSPS) is 11.1. The van der Waals surface area contributed by atoms with Crippen molar-refractivity contribution in [3.05, 3.63) is 27.7 Å². The van der Waals surface area contributed by atoms with Gasteiger partial charge < -0.3 is 0 Å². The Balaban J connectivity index is 2.24. The minimum atomic E-state index is 0.464. The third kappa shape index (κ3) is 1.87. The van der Waals surface area contributed by atoms with Gasteiger partial charge in [-0.2, -0.15) is 14.9 Å². The van der Waals surface area contributed by atoms with Crippen molar-refractivity contribution in [2.75, 3.05) is 0 Å². The van der Waals surface area contributed by atoms with Crippen LogP contribution in [-0.4, -0.2) is 26.1 Å². The molecule has 2 rings (SSSR count). The minimum absolute atomic E-state index is 0.464. The molecular weight excluding hydrogens is 206 g/mol. The number of H-pyrrole nitrogens is 1. The SMILES string of the molecule is S=c1[nH]ncn1/N=C/c1cscn1. The number of aromatic amines is 1. The molecule has 0 fully saturated rings. The van der Waals surface area contributed by atoms with Crippen molar-refractivity contribution < 1.29 is 0 Å². The van der Waals surface area contributed by atoms with Gasteiger partial charge in [0.1, 0.15) is 6.33 Å². The lowest BCUT2D eigenvalue weighted by Gasteiger charge is -1.86. The Morgan fingerprint density at radius 1 is 1.69 bits per heavy atom. The van der Waals surface area contributed by atoms with Gasteiger partial charge in [0.25, 0.3) is 0 Å². The fourth-order valence-corrected chi connectivity index (χ4v) is 1.38. The van der Waals surface area contributed by atoms with E-state index in [4.69, 9.17) is 12.2 Å². The van der Waals surface area contributed by atoms with E-state index in [0.29, 0.717) is 4.77 Å². The molecule has 0 unspecified atom stereocenters. The molecule has 0 radical (unpaired) electrons. The molecule has 0 saturated heterocycles. The summed E-state index contributed by atoms with van der Waals surface area (Å²) in [6.45, 7) is 0. The Hall–Kier alpha value is -1.34. The van der Waals surface area contributed by atoms with E-state index in [2.05, 4.69) is 20.3 Å². The van der Waals surface area contributed by atoms with Crippen LogP contribution in [-0.2, 0) is 0 Å². The lowest BCUT2D eigenvalue weighted by Crippen LogP contribution is -1.88. The van der Waals surface area contributed by atoms with Crippen molar-refractivity contribution in [1.29, 1.82) is 0 Å². The van der Waals surface area contributed by atoms with Crippen LogP contribution in [0.1, 0.15) is 5.69 Å². The van der Waals surface area contributed by atoms with E-state index < -0.39 is 0 Å². The van der Waals surface area contributed by atoms with Gasteiger partial charge in [-0.05, 0) is 12.2 Å². The van der Waals surface area contributed by atoms with Gasteiger partial charge in [-0.1, -0.05) is 0 Å². The molecule has 0 spiro atoms. The number of nitrogens with one attached hydrogen (secondary N) is 1. The lowest BCUT2D eigenvalue weighted by atomic mass is 10.6. The molecule has 2 heterocycles. The number of hydrogen-bond acceptors (Lipinski definition) is 5. The number of nitrogens with zero attached hydrogens (tertiary/aromatic N) is 4. The molecule has 66 valence electrons. The van der Waals surface area contributed by atoms with E-state index in [1.165, 1.54) is 22.3 Å². The highest BCUT2D eigenvalue weighted by atomic mass is 32.1. The van der Waals surface area contributed by atoms with E-state index in [0.717, 1.165) is 5.69 Å². The largest absolute Gasteiger partial charge is 0.250 e. The molecule has 0 aliphatic carbocycles. The predicted octanol–water partition coefficient (Wildman–Crippen LogP) is 1.28. The van der Waals surface area contributed by atoms with Crippen molar-refractivity contribution in [3.8, 4) is 0 Å². The quantitative estimate of drug-likeness (QED) is 0.601. The van der Waals surface area contributed by atoms with Crippen molar-refractivity contribution in [2.45, 2.75) is 0 Å². The van der Waals surface area contributed by atoms with Gasteiger partial charge in [0, 0.05) is 5.38 Å². The zero-order chi connectivity index (χ0) is 9.10. The summed E-state index contributed by atoms with van der Waals surface area (Å²) in [5.41, 5.74) is 2.56. The van der Waals surface area contributed by atoms with Crippen LogP contribution < -0.4 is 0 Å². The molecule has 13 heavy (non-hydrogen) atoms. The van der Waals surface area contributed by atoms with E-state index in [1.807, 2.05) is 5.38 Å². The van der Waals surface area contributed by atoms with Gasteiger partial charge in [0.05, 0.1) is 17.4 Å².